The fraction of sp³-hybridized carbons (Fsp3) is 0.714. The van der Waals surface area contributed by atoms with E-state index in [1.54, 1.807) is 13.8 Å². The van der Waals surface area contributed by atoms with E-state index in [9.17, 15) is 19.2 Å². The molecule has 5 amide bonds. The number of urea groups is 1. The smallest absolute Gasteiger partial charge is 0.330 e. The molecule has 1 heterocycles. The second kappa shape index (κ2) is 5.83. The fourth-order valence-electron chi connectivity index (χ4n) is 2.55. The lowest BCUT2D eigenvalue weighted by molar-refractivity contribution is -0.152. The molecule has 0 bridgehead atoms. The molecule has 7 nitrogen and oxygen atoms in total. The fourth-order valence-corrected chi connectivity index (χ4v) is 2.55. The van der Waals surface area contributed by atoms with Gasteiger partial charge in [0, 0.05) is 19.0 Å². The van der Waals surface area contributed by atoms with Crippen LogP contribution >= 0.6 is 0 Å². The Morgan fingerprint density at radius 2 is 1.90 bits per heavy atom. The van der Waals surface area contributed by atoms with Gasteiger partial charge in [-0.1, -0.05) is 13.8 Å². The van der Waals surface area contributed by atoms with Gasteiger partial charge >= 0.3 is 6.03 Å². The van der Waals surface area contributed by atoms with Gasteiger partial charge in [-0.25, -0.2) is 4.79 Å². The van der Waals surface area contributed by atoms with Crippen molar-refractivity contribution in [3.05, 3.63) is 0 Å². The highest BCUT2D eigenvalue weighted by Crippen LogP contribution is 2.32. The van der Waals surface area contributed by atoms with E-state index in [1.807, 2.05) is 0 Å². The van der Waals surface area contributed by atoms with Gasteiger partial charge in [-0.3, -0.25) is 24.6 Å². The lowest BCUT2D eigenvalue weighted by atomic mass is 9.78. The van der Waals surface area contributed by atoms with Crippen LogP contribution in [-0.2, 0) is 14.4 Å². The Bertz CT molecular complexity index is 481. The van der Waals surface area contributed by atoms with E-state index >= 15 is 0 Å². The number of nitrogens with zero attached hydrogens (tertiary/aromatic N) is 1. The molecule has 0 aromatic carbocycles. The molecule has 0 radical (unpaired) electrons. The van der Waals surface area contributed by atoms with E-state index in [4.69, 9.17) is 0 Å². The van der Waals surface area contributed by atoms with E-state index in [0.29, 0.717) is 12.8 Å². The van der Waals surface area contributed by atoms with Gasteiger partial charge in [-0.2, -0.15) is 0 Å². The molecule has 1 saturated heterocycles. The first kappa shape index (κ1) is 15.5. The normalized spacial score (nSPS) is 21.2. The summed E-state index contributed by atoms with van der Waals surface area (Å²) < 4.78 is 0. The van der Waals surface area contributed by atoms with Crippen LogP contribution in [-0.4, -0.2) is 41.2 Å². The van der Waals surface area contributed by atoms with Gasteiger partial charge in [0.15, 0.2) is 0 Å². The zero-order chi connectivity index (χ0) is 15.6. The standard InChI is InChI=1S/C14H21N3O4/c1-3-14(4-2)11(19)16-13(21)17(12(14)20)8-7-10(18)15-9-5-6-9/h9H,3-8H2,1-2H3,(H,15,18)(H,16,19,21). The van der Waals surface area contributed by atoms with Crippen molar-refractivity contribution >= 4 is 23.8 Å². The number of hydrogen-bond acceptors (Lipinski definition) is 4. The van der Waals surface area contributed by atoms with Crippen LogP contribution in [0, 0.1) is 5.41 Å². The van der Waals surface area contributed by atoms with E-state index in [0.717, 1.165) is 17.7 Å². The molecule has 0 spiro atoms. The average molecular weight is 295 g/mol. The van der Waals surface area contributed by atoms with Crippen LogP contribution in [0.2, 0.25) is 0 Å². The topological polar surface area (TPSA) is 95.6 Å². The predicted octanol–water partition coefficient (Wildman–Crippen LogP) is 0.540. The molecular formula is C14H21N3O4. The number of barbiturate groups is 1. The van der Waals surface area contributed by atoms with Gasteiger partial charge in [0.2, 0.25) is 17.7 Å². The highest BCUT2D eigenvalue weighted by atomic mass is 16.2. The van der Waals surface area contributed by atoms with Crippen molar-refractivity contribution in [2.45, 2.75) is 52.0 Å². The van der Waals surface area contributed by atoms with E-state index in [-0.39, 0.29) is 24.9 Å². The summed E-state index contributed by atoms with van der Waals surface area (Å²) >= 11 is 0. The van der Waals surface area contributed by atoms with E-state index in [2.05, 4.69) is 10.6 Å². The van der Waals surface area contributed by atoms with Crippen LogP contribution in [0.15, 0.2) is 0 Å². The van der Waals surface area contributed by atoms with E-state index < -0.39 is 23.3 Å². The first-order chi connectivity index (χ1) is 9.94. The molecule has 2 fully saturated rings. The number of amides is 5. The number of carbonyl (C=O) groups excluding carboxylic acids is 4. The summed E-state index contributed by atoms with van der Waals surface area (Å²) in [5, 5.41) is 5.03. The van der Waals surface area contributed by atoms with Crippen molar-refractivity contribution in [1.82, 2.24) is 15.5 Å². The van der Waals surface area contributed by atoms with Gasteiger partial charge in [-0.05, 0) is 25.7 Å². The Balaban J connectivity index is 2.03. The van der Waals surface area contributed by atoms with Crippen LogP contribution in [0.5, 0.6) is 0 Å². The molecule has 21 heavy (non-hydrogen) atoms. The first-order valence-electron chi connectivity index (χ1n) is 7.41. The third-order valence-corrected chi connectivity index (χ3v) is 4.27. The maximum Gasteiger partial charge on any atom is 0.330 e. The summed E-state index contributed by atoms with van der Waals surface area (Å²) in [6.07, 6.45) is 2.68. The van der Waals surface area contributed by atoms with Crippen molar-refractivity contribution < 1.29 is 19.2 Å². The van der Waals surface area contributed by atoms with Crippen molar-refractivity contribution in [2.24, 2.45) is 5.41 Å². The van der Waals surface area contributed by atoms with Crippen molar-refractivity contribution in [1.29, 1.82) is 0 Å². The monoisotopic (exact) mass is 295 g/mol. The van der Waals surface area contributed by atoms with Gasteiger partial charge < -0.3 is 5.32 Å². The van der Waals surface area contributed by atoms with Crippen LogP contribution in [0.4, 0.5) is 4.79 Å². The largest absolute Gasteiger partial charge is 0.353 e. The molecule has 2 aliphatic rings. The lowest BCUT2D eigenvalue weighted by Crippen LogP contribution is -2.63. The minimum absolute atomic E-state index is 0.00174. The van der Waals surface area contributed by atoms with Crippen LogP contribution in [0.3, 0.4) is 0 Å². The summed E-state index contributed by atoms with van der Waals surface area (Å²) in [6.45, 7) is 3.49. The summed E-state index contributed by atoms with van der Waals surface area (Å²) in [4.78, 5) is 48.9. The lowest BCUT2D eigenvalue weighted by Gasteiger charge is -2.38. The molecule has 1 aliphatic heterocycles. The molecule has 7 heteroatoms. The zero-order valence-corrected chi connectivity index (χ0v) is 12.4. The van der Waals surface area contributed by atoms with Crippen molar-refractivity contribution in [3.8, 4) is 0 Å². The molecule has 2 N–H and O–H groups in total. The minimum atomic E-state index is -1.19. The second-order valence-electron chi connectivity index (χ2n) is 5.60. The van der Waals surface area contributed by atoms with Crippen LogP contribution in [0.25, 0.3) is 0 Å². The Morgan fingerprint density at radius 3 is 2.43 bits per heavy atom. The molecule has 0 atom stereocenters. The molecule has 1 aliphatic carbocycles. The number of rotatable bonds is 6. The third-order valence-electron chi connectivity index (χ3n) is 4.27. The maximum absolute atomic E-state index is 12.5. The Labute approximate surface area is 123 Å². The first-order valence-corrected chi connectivity index (χ1v) is 7.41. The van der Waals surface area contributed by atoms with Gasteiger partial charge in [0.05, 0.1) is 0 Å². The summed E-state index contributed by atoms with van der Waals surface area (Å²) in [7, 11) is 0. The van der Waals surface area contributed by atoms with Crippen molar-refractivity contribution in [2.75, 3.05) is 6.54 Å². The number of nitrogens with one attached hydrogen (secondary N) is 2. The quantitative estimate of drug-likeness (QED) is 0.699. The highest BCUT2D eigenvalue weighted by Gasteiger charge is 2.51. The molecular weight excluding hydrogens is 274 g/mol. The Hall–Kier alpha value is -1.92. The molecule has 1 saturated carbocycles. The number of imide groups is 2. The predicted molar refractivity (Wildman–Crippen MR) is 74.0 cm³/mol. The Kier molecular flexibility index (Phi) is 4.29. The Morgan fingerprint density at radius 1 is 1.29 bits per heavy atom. The molecule has 116 valence electrons. The van der Waals surface area contributed by atoms with Crippen LogP contribution in [0.1, 0.15) is 46.0 Å². The van der Waals surface area contributed by atoms with Crippen molar-refractivity contribution in [3.63, 3.8) is 0 Å². The number of carbonyl (C=O) groups is 4. The minimum Gasteiger partial charge on any atom is -0.353 e. The van der Waals surface area contributed by atoms with Gasteiger partial charge in [0.1, 0.15) is 5.41 Å². The van der Waals surface area contributed by atoms with Crippen LogP contribution < -0.4 is 10.6 Å². The summed E-state index contributed by atoms with van der Waals surface area (Å²) in [6, 6.07) is -0.489. The van der Waals surface area contributed by atoms with Gasteiger partial charge in [-0.15, -0.1) is 0 Å². The third kappa shape index (κ3) is 2.91. The molecule has 0 aromatic heterocycles. The summed E-state index contributed by atoms with van der Waals surface area (Å²) in [5.74, 6) is -1.21. The van der Waals surface area contributed by atoms with Gasteiger partial charge in [0.25, 0.3) is 0 Å². The summed E-state index contributed by atoms with van der Waals surface area (Å²) in [5.41, 5.74) is -1.19. The zero-order valence-electron chi connectivity index (χ0n) is 12.4. The maximum atomic E-state index is 12.5. The highest BCUT2D eigenvalue weighted by molar-refractivity contribution is 6.19. The van der Waals surface area contributed by atoms with E-state index in [1.165, 1.54) is 0 Å². The number of hydrogen-bond donors (Lipinski definition) is 2. The molecule has 0 aromatic rings. The molecule has 2 rings (SSSR count). The SMILES string of the molecule is CCC1(CC)C(=O)NC(=O)N(CCC(=O)NC2CC2)C1=O. The second-order valence-corrected chi connectivity index (χ2v) is 5.60. The average Bonchev–Trinajstić information content (AvgIpc) is 3.23. The molecule has 0 unspecified atom stereocenters.